The molecule has 0 saturated heterocycles. The predicted octanol–water partition coefficient (Wildman–Crippen LogP) is 5.64. The van der Waals surface area contributed by atoms with Crippen LogP contribution in [0.1, 0.15) is 31.6 Å². The third-order valence-electron chi connectivity index (χ3n) is 6.08. The van der Waals surface area contributed by atoms with Gasteiger partial charge >= 0.3 is 0 Å². The van der Waals surface area contributed by atoms with Gasteiger partial charge in [0, 0.05) is 12.0 Å². The lowest BCUT2D eigenvalue weighted by atomic mass is 10.1. The maximum absolute atomic E-state index is 13.1. The van der Waals surface area contributed by atoms with E-state index in [0.717, 1.165) is 18.7 Å². The normalized spacial score (nSPS) is 12.9. The maximum Gasteiger partial charge on any atom is 0.232 e. The van der Waals surface area contributed by atoms with Crippen LogP contribution in [0.2, 0.25) is 10.0 Å². The fraction of sp³-hybridized carbons (Fsp3) is 0.400. The molecule has 11 heteroatoms. The highest BCUT2D eigenvalue weighted by Gasteiger charge is 2.25. The van der Waals surface area contributed by atoms with Gasteiger partial charge < -0.3 is 18.9 Å². The summed E-state index contributed by atoms with van der Waals surface area (Å²) in [5.41, 5.74) is 1.92. The zero-order valence-electron chi connectivity index (χ0n) is 20.2. The van der Waals surface area contributed by atoms with Gasteiger partial charge in [-0.25, -0.2) is 8.42 Å². The van der Waals surface area contributed by atoms with E-state index >= 15 is 0 Å². The minimum Gasteiger partial charge on any atom is -0.454 e. The number of halogens is 2. The van der Waals surface area contributed by atoms with E-state index in [1.807, 2.05) is 18.2 Å². The van der Waals surface area contributed by atoms with Crippen LogP contribution >= 0.6 is 23.2 Å². The van der Waals surface area contributed by atoms with Gasteiger partial charge in [-0.05, 0) is 62.3 Å². The Morgan fingerprint density at radius 2 is 1.75 bits per heavy atom. The highest BCUT2D eigenvalue weighted by atomic mass is 35.5. The van der Waals surface area contributed by atoms with Gasteiger partial charge in [-0.3, -0.25) is 4.72 Å². The number of sulfonamides is 1. The third kappa shape index (κ3) is 6.26. The number of fused-ring (bicyclic) bond motifs is 1. The van der Waals surface area contributed by atoms with Gasteiger partial charge in [0.2, 0.25) is 16.8 Å². The molecule has 0 saturated carbocycles. The van der Waals surface area contributed by atoms with Gasteiger partial charge in [0.1, 0.15) is 11.4 Å². The Bertz CT molecular complexity index is 1290. The molecule has 0 spiro atoms. The molecule has 1 aliphatic rings. The third-order valence-corrected chi connectivity index (χ3v) is 8.05. The first kappa shape index (κ1) is 26.6. The van der Waals surface area contributed by atoms with E-state index in [4.69, 9.17) is 37.2 Å². The highest BCUT2D eigenvalue weighted by molar-refractivity contribution is 7.92. The number of aryl methyl sites for hydroxylation is 2. The second kappa shape index (κ2) is 11.7. The van der Waals surface area contributed by atoms with Crippen LogP contribution in [0.3, 0.4) is 0 Å². The summed E-state index contributed by atoms with van der Waals surface area (Å²) in [5.74, 6) is 1.74. The first-order chi connectivity index (χ1) is 17.3. The number of hydrogen-bond acceptors (Lipinski definition) is 7. The quantitative estimate of drug-likeness (QED) is 0.310. The molecule has 3 aromatic rings. The summed E-state index contributed by atoms with van der Waals surface area (Å²) in [6.07, 6.45) is 1.46. The number of hydrogen-bond donors (Lipinski definition) is 1. The molecule has 36 heavy (non-hydrogen) atoms. The second-order valence-electron chi connectivity index (χ2n) is 8.41. The fourth-order valence-electron chi connectivity index (χ4n) is 4.07. The maximum atomic E-state index is 13.1. The number of nitrogens with zero attached hydrogens (tertiary/aromatic N) is 2. The predicted molar refractivity (Wildman–Crippen MR) is 142 cm³/mol. The number of ether oxygens (including phenoxy) is 2. The van der Waals surface area contributed by atoms with Crippen molar-refractivity contribution in [1.82, 2.24) is 10.1 Å². The first-order valence-electron chi connectivity index (χ1n) is 11.9. The summed E-state index contributed by atoms with van der Waals surface area (Å²) in [5, 5.41) is 4.87. The Hall–Kier alpha value is -2.46. The number of rotatable bonds is 12. The number of anilines is 1. The SMILES string of the molecule is CCN(CC)CCCS(=O)(=O)Nc1c(-c2c(Cl)cccc2Cl)noc1CCc1ccc2c(c1)OCO2. The van der Waals surface area contributed by atoms with E-state index in [1.165, 1.54) is 0 Å². The highest BCUT2D eigenvalue weighted by Crippen LogP contribution is 2.40. The van der Waals surface area contributed by atoms with Crippen molar-refractivity contribution in [3.05, 3.63) is 57.8 Å². The Morgan fingerprint density at radius 3 is 2.47 bits per heavy atom. The average Bonchev–Trinajstić information content (AvgIpc) is 3.47. The van der Waals surface area contributed by atoms with Gasteiger partial charge in [-0.1, -0.05) is 54.3 Å². The van der Waals surface area contributed by atoms with Gasteiger partial charge in [0.15, 0.2) is 17.3 Å². The van der Waals surface area contributed by atoms with Gasteiger partial charge in [0.05, 0.1) is 15.8 Å². The minimum absolute atomic E-state index is 0.0357. The molecule has 0 bridgehead atoms. The topological polar surface area (TPSA) is 93.9 Å². The molecular formula is C25H29Cl2N3O5S. The van der Waals surface area contributed by atoms with Crippen molar-refractivity contribution in [2.45, 2.75) is 33.1 Å². The Balaban J connectivity index is 1.59. The molecule has 0 radical (unpaired) electrons. The lowest BCUT2D eigenvalue weighted by molar-refractivity contribution is 0.174. The summed E-state index contributed by atoms with van der Waals surface area (Å²) in [4.78, 5) is 2.18. The van der Waals surface area contributed by atoms with Crippen molar-refractivity contribution in [2.24, 2.45) is 0 Å². The van der Waals surface area contributed by atoms with E-state index in [0.29, 0.717) is 58.7 Å². The Labute approximate surface area is 221 Å². The molecule has 0 atom stereocenters. The van der Waals surface area contributed by atoms with Crippen molar-refractivity contribution in [3.8, 4) is 22.8 Å². The van der Waals surface area contributed by atoms with Crippen LogP contribution in [-0.4, -0.2) is 50.7 Å². The molecule has 0 amide bonds. The smallest absolute Gasteiger partial charge is 0.232 e. The van der Waals surface area contributed by atoms with Crippen LogP contribution in [0.4, 0.5) is 5.69 Å². The molecule has 0 unspecified atom stereocenters. The largest absolute Gasteiger partial charge is 0.454 e. The lowest BCUT2D eigenvalue weighted by Crippen LogP contribution is -2.27. The van der Waals surface area contributed by atoms with E-state index < -0.39 is 10.0 Å². The zero-order valence-corrected chi connectivity index (χ0v) is 22.5. The van der Waals surface area contributed by atoms with Gasteiger partial charge in [-0.15, -0.1) is 0 Å². The van der Waals surface area contributed by atoms with E-state index in [9.17, 15) is 8.42 Å². The second-order valence-corrected chi connectivity index (χ2v) is 11.1. The molecule has 0 fully saturated rings. The van der Waals surface area contributed by atoms with E-state index in [1.54, 1.807) is 18.2 Å². The monoisotopic (exact) mass is 553 g/mol. The first-order valence-corrected chi connectivity index (χ1v) is 14.3. The van der Waals surface area contributed by atoms with Crippen molar-refractivity contribution in [1.29, 1.82) is 0 Å². The molecule has 1 aliphatic heterocycles. The molecule has 1 N–H and O–H groups in total. The van der Waals surface area contributed by atoms with Crippen LogP contribution in [-0.2, 0) is 22.9 Å². The number of aromatic nitrogens is 1. The molecule has 0 aliphatic carbocycles. The zero-order chi connectivity index (χ0) is 25.7. The Morgan fingerprint density at radius 1 is 1.03 bits per heavy atom. The molecule has 2 aromatic carbocycles. The van der Waals surface area contributed by atoms with Gasteiger partial charge in [-0.2, -0.15) is 0 Å². The molecule has 2 heterocycles. The van der Waals surface area contributed by atoms with Crippen molar-refractivity contribution >= 4 is 38.9 Å². The summed E-state index contributed by atoms with van der Waals surface area (Å²) in [6, 6.07) is 10.8. The van der Waals surface area contributed by atoms with E-state index in [-0.39, 0.29) is 23.9 Å². The molecule has 8 nitrogen and oxygen atoms in total. The molecular weight excluding hydrogens is 525 g/mol. The fourth-order valence-corrected chi connectivity index (χ4v) is 5.78. The summed E-state index contributed by atoms with van der Waals surface area (Å²) < 4.78 is 45.3. The standard InChI is InChI=1S/C25H29Cl2N3O5S/c1-3-30(4-2)13-6-14-36(31,32)29-24-21(12-10-17-9-11-20-22(15-17)34-16-33-20)35-28-25(24)23-18(26)7-5-8-19(23)27/h5,7-9,11,15,29H,3-4,6,10,12-14,16H2,1-2H3. The van der Waals surface area contributed by atoms with Crippen LogP contribution in [0.5, 0.6) is 11.5 Å². The summed E-state index contributed by atoms with van der Waals surface area (Å²) in [6.45, 7) is 6.74. The summed E-state index contributed by atoms with van der Waals surface area (Å²) >= 11 is 12.8. The van der Waals surface area contributed by atoms with Crippen LogP contribution in [0.25, 0.3) is 11.3 Å². The van der Waals surface area contributed by atoms with Crippen molar-refractivity contribution in [2.75, 3.05) is 36.9 Å². The molecule has 194 valence electrons. The number of benzene rings is 2. The van der Waals surface area contributed by atoms with Gasteiger partial charge in [0.25, 0.3) is 0 Å². The van der Waals surface area contributed by atoms with Crippen LogP contribution < -0.4 is 14.2 Å². The number of nitrogens with one attached hydrogen (secondary N) is 1. The molecule has 1 aromatic heterocycles. The van der Waals surface area contributed by atoms with Crippen molar-refractivity contribution < 1.29 is 22.4 Å². The van der Waals surface area contributed by atoms with Crippen molar-refractivity contribution in [3.63, 3.8) is 0 Å². The van der Waals surface area contributed by atoms with E-state index in [2.05, 4.69) is 28.6 Å². The molecule has 4 rings (SSSR count). The minimum atomic E-state index is -3.69. The Kier molecular flexibility index (Phi) is 8.66. The lowest BCUT2D eigenvalue weighted by Gasteiger charge is -2.17. The average molecular weight is 554 g/mol. The van der Waals surface area contributed by atoms with Crippen LogP contribution in [0, 0.1) is 0 Å². The summed E-state index contributed by atoms with van der Waals surface area (Å²) in [7, 11) is -3.69. The van der Waals surface area contributed by atoms with Crippen LogP contribution in [0.15, 0.2) is 40.9 Å².